The van der Waals surface area contributed by atoms with Crippen LogP contribution >= 0.6 is 11.5 Å². The molecule has 2 heterocycles. The Kier molecular flexibility index (Phi) is 2.93. The van der Waals surface area contributed by atoms with Crippen molar-refractivity contribution < 1.29 is 9.53 Å². The SMILES string of the molecule is O=C(N[C@H]1CCOc2ccccc21)c1cnns1. The average molecular weight is 261 g/mol. The molecule has 1 aromatic carbocycles. The summed E-state index contributed by atoms with van der Waals surface area (Å²) in [5.41, 5.74) is 1.02. The Morgan fingerprint density at radius 3 is 3.17 bits per heavy atom. The molecule has 0 saturated carbocycles. The van der Waals surface area contributed by atoms with E-state index in [1.807, 2.05) is 24.3 Å². The molecule has 3 rings (SSSR count). The number of hydrogen-bond donors (Lipinski definition) is 1. The van der Waals surface area contributed by atoms with Crippen LogP contribution in [0.4, 0.5) is 0 Å². The fourth-order valence-electron chi connectivity index (χ4n) is 1.99. The van der Waals surface area contributed by atoms with E-state index in [-0.39, 0.29) is 11.9 Å². The van der Waals surface area contributed by atoms with Crippen molar-refractivity contribution in [3.8, 4) is 5.75 Å². The molecule has 1 amide bonds. The van der Waals surface area contributed by atoms with E-state index in [2.05, 4.69) is 14.9 Å². The molecule has 0 unspecified atom stereocenters. The summed E-state index contributed by atoms with van der Waals surface area (Å²) < 4.78 is 9.24. The Hall–Kier alpha value is -1.95. The molecule has 6 heteroatoms. The second-order valence-corrected chi connectivity index (χ2v) is 4.77. The van der Waals surface area contributed by atoms with Crippen molar-refractivity contribution in [2.75, 3.05) is 6.61 Å². The van der Waals surface area contributed by atoms with Crippen molar-refractivity contribution in [2.24, 2.45) is 0 Å². The molecule has 1 aromatic heterocycles. The molecule has 0 radical (unpaired) electrons. The van der Waals surface area contributed by atoms with Crippen LogP contribution in [0.25, 0.3) is 0 Å². The number of aromatic nitrogens is 2. The van der Waals surface area contributed by atoms with Gasteiger partial charge in [-0.3, -0.25) is 4.79 Å². The number of nitrogens with zero attached hydrogens (tertiary/aromatic N) is 2. The van der Waals surface area contributed by atoms with Crippen molar-refractivity contribution in [2.45, 2.75) is 12.5 Å². The maximum absolute atomic E-state index is 12.0. The van der Waals surface area contributed by atoms with E-state index in [1.54, 1.807) is 0 Å². The van der Waals surface area contributed by atoms with Crippen molar-refractivity contribution in [1.82, 2.24) is 14.9 Å². The first-order valence-corrected chi connectivity index (χ1v) is 6.42. The predicted molar refractivity (Wildman–Crippen MR) is 66.7 cm³/mol. The Morgan fingerprint density at radius 2 is 2.33 bits per heavy atom. The number of carbonyl (C=O) groups excluding carboxylic acids is 1. The summed E-state index contributed by atoms with van der Waals surface area (Å²) in [6.07, 6.45) is 2.25. The van der Waals surface area contributed by atoms with Crippen LogP contribution in [-0.4, -0.2) is 22.1 Å². The fourth-order valence-corrected chi connectivity index (χ4v) is 2.41. The third-order valence-electron chi connectivity index (χ3n) is 2.85. The highest BCUT2D eigenvalue weighted by Crippen LogP contribution is 2.31. The van der Waals surface area contributed by atoms with Gasteiger partial charge in [-0.05, 0) is 17.6 Å². The third-order valence-corrected chi connectivity index (χ3v) is 3.51. The molecule has 92 valence electrons. The van der Waals surface area contributed by atoms with E-state index in [9.17, 15) is 4.79 Å². The third kappa shape index (κ3) is 2.06. The predicted octanol–water partition coefficient (Wildman–Crippen LogP) is 1.79. The van der Waals surface area contributed by atoms with Gasteiger partial charge in [-0.1, -0.05) is 22.7 Å². The summed E-state index contributed by atoms with van der Waals surface area (Å²) in [7, 11) is 0. The lowest BCUT2D eigenvalue weighted by atomic mass is 10.0. The van der Waals surface area contributed by atoms with Crippen LogP contribution in [0.15, 0.2) is 30.5 Å². The highest BCUT2D eigenvalue weighted by molar-refractivity contribution is 7.07. The Labute approximate surface area is 108 Å². The van der Waals surface area contributed by atoms with E-state index in [0.29, 0.717) is 11.5 Å². The number of ether oxygens (including phenoxy) is 1. The number of para-hydroxylation sites is 1. The van der Waals surface area contributed by atoms with Crippen LogP contribution in [0.5, 0.6) is 5.75 Å². The summed E-state index contributed by atoms with van der Waals surface area (Å²) in [6.45, 7) is 0.614. The van der Waals surface area contributed by atoms with Gasteiger partial charge in [0.15, 0.2) is 0 Å². The molecule has 0 spiro atoms. The zero-order valence-corrected chi connectivity index (χ0v) is 10.3. The molecule has 1 aliphatic heterocycles. The lowest BCUT2D eigenvalue weighted by Gasteiger charge is -2.26. The van der Waals surface area contributed by atoms with Gasteiger partial charge >= 0.3 is 0 Å². The van der Waals surface area contributed by atoms with E-state index in [1.165, 1.54) is 6.20 Å². The molecular formula is C12H11N3O2S. The van der Waals surface area contributed by atoms with Crippen molar-refractivity contribution in [3.63, 3.8) is 0 Å². The van der Waals surface area contributed by atoms with E-state index in [0.717, 1.165) is 29.3 Å². The van der Waals surface area contributed by atoms with Gasteiger partial charge in [0.25, 0.3) is 5.91 Å². The second-order valence-electron chi connectivity index (χ2n) is 3.98. The molecule has 0 aliphatic carbocycles. The van der Waals surface area contributed by atoms with Gasteiger partial charge in [0.05, 0.1) is 18.8 Å². The molecule has 1 aliphatic rings. The number of amides is 1. The van der Waals surface area contributed by atoms with Gasteiger partial charge in [0, 0.05) is 12.0 Å². The van der Waals surface area contributed by atoms with Crippen LogP contribution in [0.1, 0.15) is 27.7 Å². The molecular weight excluding hydrogens is 250 g/mol. The first kappa shape index (κ1) is 11.2. The highest BCUT2D eigenvalue weighted by atomic mass is 32.1. The minimum absolute atomic E-state index is 0.00968. The molecule has 1 atom stereocenters. The number of nitrogens with one attached hydrogen (secondary N) is 1. The summed E-state index contributed by atoms with van der Waals surface area (Å²) in [6, 6.07) is 7.76. The van der Waals surface area contributed by atoms with Crippen LogP contribution in [-0.2, 0) is 0 Å². The van der Waals surface area contributed by atoms with Crippen molar-refractivity contribution in [1.29, 1.82) is 0 Å². The number of fused-ring (bicyclic) bond motifs is 1. The lowest BCUT2D eigenvalue weighted by Crippen LogP contribution is -2.31. The summed E-state index contributed by atoms with van der Waals surface area (Å²) >= 11 is 1.10. The highest BCUT2D eigenvalue weighted by Gasteiger charge is 2.23. The minimum atomic E-state index is -0.133. The molecule has 1 N–H and O–H groups in total. The summed E-state index contributed by atoms with van der Waals surface area (Å²) in [5, 5.41) is 6.65. The van der Waals surface area contributed by atoms with Gasteiger partial charge in [-0.15, -0.1) is 5.10 Å². The fraction of sp³-hybridized carbons (Fsp3) is 0.250. The molecule has 0 fully saturated rings. The number of rotatable bonds is 2. The van der Waals surface area contributed by atoms with Crippen LogP contribution in [0.2, 0.25) is 0 Å². The lowest BCUT2D eigenvalue weighted by molar-refractivity contribution is 0.0928. The monoisotopic (exact) mass is 261 g/mol. The maximum atomic E-state index is 12.0. The van der Waals surface area contributed by atoms with Crippen LogP contribution in [0.3, 0.4) is 0 Å². The minimum Gasteiger partial charge on any atom is -0.493 e. The molecule has 5 nitrogen and oxygen atoms in total. The number of hydrogen-bond acceptors (Lipinski definition) is 5. The van der Waals surface area contributed by atoms with Crippen molar-refractivity contribution in [3.05, 3.63) is 40.9 Å². The Bertz CT molecular complexity index is 556. The van der Waals surface area contributed by atoms with E-state index < -0.39 is 0 Å². The van der Waals surface area contributed by atoms with E-state index >= 15 is 0 Å². The molecule has 2 aromatic rings. The molecule has 0 bridgehead atoms. The summed E-state index contributed by atoms with van der Waals surface area (Å²) in [4.78, 5) is 12.5. The van der Waals surface area contributed by atoms with E-state index in [4.69, 9.17) is 4.74 Å². The largest absolute Gasteiger partial charge is 0.493 e. The Morgan fingerprint density at radius 1 is 1.44 bits per heavy atom. The van der Waals surface area contributed by atoms with Crippen LogP contribution < -0.4 is 10.1 Å². The van der Waals surface area contributed by atoms with Gasteiger partial charge in [-0.25, -0.2) is 0 Å². The smallest absolute Gasteiger partial charge is 0.265 e. The normalized spacial score (nSPS) is 17.7. The standard InChI is InChI=1S/C12H11N3O2S/c16-12(11-7-13-15-18-11)14-9-5-6-17-10-4-2-1-3-8(9)10/h1-4,7,9H,5-6H2,(H,14,16)/t9-/m0/s1. The van der Waals surface area contributed by atoms with Crippen molar-refractivity contribution >= 4 is 17.4 Å². The molecule has 0 saturated heterocycles. The number of carbonyl (C=O) groups is 1. The second kappa shape index (κ2) is 4.73. The van der Waals surface area contributed by atoms with Gasteiger partial charge in [0.2, 0.25) is 0 Å². The van der Waals surface area contributed by atoms with Gasteiger partial charge in [-0.2, -0.15) is 0 Å². The maximum Gasteiger partial charge on any atom is 0.265 e. The Balaban J connectivity index is 1.80. The topological polar surface area (TPSA) is 64.1 Å². The molecule has 18 heavy (non-hydrogen) atoms. The first-order valence-electron chi connectivity index (χ1n) is 5.64. The number of benzene rings is 1. The zero-order valence-electron chi connectivity index (χ0n) is 9.50. The van der Waals surface area contributed by atoms with Gasteiger partial charge in [0.1, 0.15) is 10.6 Å². The summed E-state index contributed by atoms with van der Waals surface area (Å²) in [5.74, 6) is 0.711. The van der Waals surface area contributed by atoms with Gasteiger partial charge < -0.3 is 10.1 Å². The van der Waals surface area contributed by atoms with Crippen LogP contribution in [0, 0.1) is 0 Å². The average Bonchev–Trinajstić information content (AvgIpc) is 2.93. The first-order chi connectivity index (χ1) is 8.84. The quantitative estimate of drug-likeness (QED) is 0.895. The zero-order chi connectivity index (χ0) is 12.4.